The number of anilines is 2. The van der Waals surface area contributed by atoms with Gasteiger partial charge in [0.2, 0.25) is 11.8 Å². The Hall–Kier alpha value is -4.28. The van der Waals surface area contributed by atoms with Gasteiger partial charge in [0.05, 0.1) is 33.7 Å². The topological polar surface area (TPSA) is 109 Å². The SMILES string of the molecule is O=C(COc1ccc(Cl)cc1[C@H]1c2sc(=O)[nH]c2SC2C1[C@H]1C[C@@H]2C2C(=O)N(c3ccccc3C(F)(F)F)C(=O)C21)Nc1cccc(C(F)(F)F)c1. The Morgan fingerprint density at radius 2 is 1.65 bits per heavy atom. The fourth-order valence-corrected chi connectivity index (χ4v) is 11.6. The van der Waals surface area contributed by atoms with Crippen molar-refractivity contribution in [3.8, 4) is 5.75 Å². The van der Waals surface area contributed by atoms with E-state index in [4.69, 9.17) is 16.3 Å². The van der Waals surface area contributed by atoms with Crippen LogP contribution in [-0.4, -0.2) is 34.6 Å². The van der Waals surface area contributed by atoms with E-state index in [0.717, 1.165) is 41.7 Å². The summed E-state index contributed by atoms with van der Waals surface area (Å²) < 4.78 is 87.6. The predicted molar refractivity (Wildman–Crippen MR) is 179 cm³/mol. The fraction of sp³-hybridized carbons (Fsp3) is 0.314. The number of halogens is 7. The van der Waals surface area contributed by atoms with Crippen LogP contribution < -0.4 is 19.8 Å². The first-order chi connectivity index (χ1) is 24.6. The number of nitrogens with one attached hydrogen (secondary N) is 2. The summed E-state index contributed by atoms with van der Waals surface area (Å²) in [5, 5.41) is 2.92. The average molecular weight is 780 g/mol. The van der Waals surface area contributed by atoms with Crippen LogP contribution >= 0.6 is 34.7 Å². The molecule has 2 saturated carbocycles. The Bertz CT molecular complexity index is 2210. The highest BCUT2D eigenvalue weighted by Crippen LogP contribution is 2.69. The highest BCUT2D eigenvalue weighted by molar-refractivity contribution is 8.00. The Morgan fingerprint density at radius 1 is 0.923 bits per heavy atom. The second-order valence-corrected chi connectivity index (χ2v) is 15.7. The van der Waals surface area contributed by atoms with Gasteiger partial charge in [-0.2, -0.15) is 26.3 Å². The standard InChI is InChI=1S/C35H24ClF6N3O5S2/c36-15-8-9-22(50-13-23(46)43-16-5-3-4-14(10-16)34(37,38)39)17(11-15)24-25-18-12-19(28(25)51-30-29(24)52-33(49)44-30)27-26(18)31(47)45(32(27)48)21-7-2-1-6-20(21)35(40,41)42/h1-11,18-19,24-28H,12-13H2,(H,43,46)(H,44,49)/t18-,19-,24-,25?,26?,27?,28?/m1/s1. The van der Waals surface area contributed by atoms with Crippen molar-refractivity contribution in [1.29, 1.82) is 0 Å². The average Bonchev–Trinajstić information content (AvgIpc) is 3.82. The molecule has 0 radical (unpaired) electrons. The Morgan fingerprint density at radius 3 is 2.38 bits per heavy atom. The second-order valence-electron chi connectivity index (χ2n) is 13.1. The number of hydrogen-bond donors (Lipinski definition) is 2. The molecule has 4 aliphatic rings. The Labute approximate surface area is 303 Å². The zero-order valence-electron chi connectivity index (χ0n) is 26.3. The largest absolute Gasteiger partial charge is 0.483 e. The van der Waals surface area contributed by atoms with Gasteiger partial charge in [0.25, 0.3) is 5.91 Å². The van der Waals surface area contributed by atoms with Gasteiger partial charge in [-0.25, -0.2) is 4.90 Å². The van der Waals surface area contributed by atoms with Crippen molar-refractivity contribution in [2.24, 2.45) is 29.6 Å². The van der Waals surface area contributed by atoms with E-state index in [-0.39, 0.29) is 32.5 Å². The first kappa shape index (κ1) is 34.8. The third kappa shape index (κ3) is 5.69. The summed E-state index contributed by atoms with van der Waals surface area (Å²) in [4.78, 5) is 57.4. The molecule has 0 spiro atoms. The molecule has 2 N–H and O–H groups in total. The minimum absolute atomic E-state index is 0.0899. The number of alkyl halides is 6. The first-order valence-corrected chi connectivity index (χ1v) is 18.0. The number of hydrogen-bond acceptors (Lipinski definition) is 7. The molecule has 2 bridgehead atoms. The number of rotatable bonds is 6. The van der Waals surface area contributed by atoms with Crippen molar-refractivity contribution in [2.75, 3.05) is 16.8 Å². The van der Waals surface area contributed by atoms with E-state index in [1.165, 1.54) is 42.1 Å². The summed E-state index contributed by atoms with van der Waals surface area (Å²) in [5.74, 6) is -5.56. The molecule has 7 atom stereocenters. The lowest BCUT2D eigenvalue weighted by Crippen LogP contribution is -2.42. The quantitative estimate of drug-likeness (QED) is 0.153. The summed E-state index contributed by atoms with van der Waals surface area (Å²) in [6, 6.07) is 13.3. The van der Waals surface area contributed by atoms with E-state index in [1.807, 2.05) is 0 Å². The number of amides is 3. The van der Waals surface area contributed by atoms with Gasteiger partial charge in [-0.05, 0) is 72.7 Å². The molecule has 4 unspecified atom stereocenters. The molecule has 3 fully saturated rings. The number of H-pyrrole nitrogens is 1. The van der Waals surface area contributed by atoms with Gasteiger partial charge >= 0.3 is 17.2 Å². The van der Waals surface area contributed by atoms with E-state index >= 15 is 0 Å². The number of carbonyl (C=O) groups excluding carboxylic acids is 3. The lowest BCUT2D eigenvalue weighted by molar-refractivity contribution is -0.138. The summed E-state index contributed by atoms with van der Waals surface area (Å²) in [6.45, 7) is -0.603. The van der Waals surface area contributed by atoms with Gasteiger partial charge in [-0.1, -0.05) is 41.1 Å². The van der Waals surface area contributed by atoms with Gasteiger partial charge in [0.15, 0.2) is 6.61 Å². The number of imide groups is 1. The van der Waals surface area contributed by atoms with Crippen molar-refractivity contribution in [3.63, 3.8) is 0 Å². The third-order valence-corrected chi connectivity index (χ3v) is 13.1. The molecule has 8 nitrogen and oxygen atoms in total. The number of aromatic nitrogens is 1. The number of benzene rings is 3. The molecule has 8 rings (SSSR count). The summed E-state index contributed by atoms with van der Waals surface area (Å²) in [6.07, 6.45) is -8.97. The molecule has 17 heteroatoms. The lowest BCUT2D eigenvalue weighted by atomic mass is 9.68. The minimum Gasteiger partial charge on any atom is -0.483 e. The maximum atomic E-state index is 14.1. The number of fused-ring (bicyclic) bond motifs is 9. The Balaban J connectivity index is 1.12. The molecule has 2 aliphatic carbocycles. The van der Waals surface area contributed by atoms with Gasteiger partial charge in [-0.3, -0.25) is 19.2 Å². The summed E-state index contributed by atoms with van der Waals surface area (Å²) in [5.41, 5.74) is -2.16. The number of thiazole rings is 1. The van der Waals surface area contributed by atoms with Gasteiger partial charge in [0, 0.05) is 32.3 Å². The molecule has 3 heterocycles. The van der Waals surface area contributed by atoms with Crippen LogP contribution in [0.4, 0.5) is 37.7 Å². The van der Waals surface area contributed by atoms with E-state index in [2.05, 4.69) is 10.3 Å². The normalized spacial score (nSPS) is 26.3. The molecular formula is C35H24ClF6N3O5S2. The first-order valence-electron chi connectivity index (χ1n) is 15.9. The van der Waals surface area contributed by atoms with Crippen molar-refractivity contribution >= 4 is 63.8 Å². The molecule has 2 aliphatic heterocycles. The molecule has 3 aromatic carbocycles. The maximum Gasteiger partial charge on any atom is 0.418 e. The summed E-state index contributed by atoms with van der Waals surface area (Å²) in [7, 11) is 0. The monoisotopic (exact) mass is 779 g/mol. The third-order valence-electron chi connectivity index (χ3n) is 10.3. The van der Waals surface area contributed by atoms with Crippen LogP contribution in [0.1, 0.15) is 33.9 Å². The van der Waals surface area contributed by atoms with E-state index in [0.29, 0.717) is 26.8 Å². The molecule has 1 aromatic heterocycles. The van der Waals surface area contributed by atoms with Crippen molar-refractivity contribution < 1.29 is 45.5 Å². The van der Waals surface area contributed by atoms with E-state index < -0.39 is 83.1 Å². The highest BCUT2D eigenvalue weighted by atomic mass is 35.5. The van der Waals surface area contributed by atoms with Crippen LogP contribution in [0.3, 0.4) is 0 Å². The zero-order valence-corrected chi connectivity index (χ0v) is 28.6. The molecule has 270 valence electrons. The number of carbonyl (C=O) groups is 3. The molecule has 4 aromatic rings. The predicted octanol–water partition coefficient (Wildman–Crippen LogP) is 7.82. The van der Waals surface area contributed by atoms with Crippen LogP contribution in [-0.2, 0) is 26.7 Å². The number of ether oxygens (including phenoxy) is 1. The number of aromatic amines is 1. The molecule has 3 amide bonds. The van der Waals surface area contributed by atoms with E-state index in [9.17, 15) is 45.5 Å². The van der Waals surface area contributed by atoms with Crippen LogP contribution in [0.2, 0.25) is 5.02 Å². The second kappa shape index (κ2) is 12.4. The molecular weight excluding hydrogens is 756 g/mol. The van der Waals surface area contributed by atoms with Crippen molar-refractivity contribution in [3.05, 3.63) is 103 Å². The number of thioether (sulfide) groups is 1. The van der Waals surface area contributed by atoms with Crippen LogP contribution in [0, 0.1) is 29.6 Å². The minimum atomic E-state index is -4.81. The van der Waals surface area contributed by atoms with Crippen LogP contribution in [0.5, 0.6) is 5.75 Å². The van der Waals surface area contributed by atoms with Gasteiger partial charge < -0.3 is 15.0 Å². The van der Waals surface area contributed by atoms with E-state index in [1.54, 1.807) is 6.07 Å². The van der Waals surface area contributed by atoms with Crippen molar-refractivity contribution in [2.45, 2.75) is 35.0 Å². The van der Waals surface area contributed by atoms with Crippen molar-refractivity contribution in [1.82, 2.24) is 4.98 Å². The molecule has 1 saturated heterocycles. The van der Waals surface area contributed by atoms with Gasteiger partial charge in [0.1, 0.15) is 5.75 Å². The number of nitrogens with zero attached hydrogens (tertiary/aromatic N) is 1. The fourth-order valence-electron chi connectivity index (χ4n) is 8.52. The maximum absolute atomic E-state index is 14.1. The number of para-hydroxylation sites is 1. The lowest BCUT2D eigenvalue weighted by Gasteiger charge is -2.43. The highest BCUT2D eigenvalue weighted by Gasteiger charge is 2.70. The van der Waals surface area contributed by atoms with Gasteiger partial charge in [-0.15, -0.1) is 11.8 Å². The van der Waals surface area contributed by atoms with Crippen LogP contribution in [0.25, 0.3) is 0 Å². The Kier molecular flexibility index (Phi) is 8.30. The molecule has 52 heavy (non-hydrogen) atoms. The van der Waals surface area contributed by atoms with Crippen LogP contribution in [0.15, 0.2) is 76.6 Å². The zero-order chi connectivity index (χ0) is 36.9. The summed E-state index contributed by atoms with van der Waals surface area (Å²) >= 11 is 8.81. The smallest absolute Gasteiger partial charge is 0.418 e.